The Bertz CT molecular complexity index is 1090. The number of aromatic nitrogens is 2. The van der Waals surface area contributed by atoms with Crippen LogP contribution in [0.3, 0.4) is 0 Å². The van der Waals surface area contributed by atoms with Gasteiger partial charge in [-0.2, -0.15) is 0 Å². The van der Waals surface area contributed by atoms with Crippen LogP contribution in [-0.2, 0) is 9.59 Å². The number of carbonyl (C=O) groups excluding carboxylic acids is 2. The first-order chi connectivity index (χ1) is 15.5. The van der Waals surface area contributed by atoms with Crippen molar-refractivity contribution in [2.24, 2.45) is 0 Å². The maximum absolute atomic E-state index is 13.0. The molecule has 1 aliphatic rings. The number of methoxy groups -OCH3 is 1. The molecule has 1 aromatic heterocycles. The van der Waals surface area contributed by atoms with E-state index in [1.54, 1.807) is 20.1 Å². The minimum atomic E-state index is -0.600. The van der Waals surface area contributed by atoms with Gasteiger partial charge in [-0.3, -0.25) is 9.59 Å². The molecule has 166 valence electrons. The molecule has 3 aromatic rings. The predicted molar refractivity (Wildman–Crippen MR) is 124 cm³/mol. The smallest absolute Gasteiger partial charge is 0.244 e. The maximum atomic E-state index is 13.0. The van der Waals surface area contributed by atoms with Crippen LogP contribution in [0.1, 0.15) is 37.1 Å². The average molecular weight is 433 g/mol. The number of benzene rings is 2. The number of likely N-dealkylation sites (tertiary alicyclic amines) is 1. The Morgan fingerprint density at radius 2 is 2.00 bits per heavy atom. The van der Waals surface area contributed by atoms with E-state index in [2.05, 4.69) is 10.3 Å². The summed E-state index contributed by atoms with van der Waals surface area (Å²) >= 11 is 0. The number of aromatic amines is 1. The fourth-order valence-corrected chi connectivity index (χ4v) is 4.05. The molecule has 32 heavy (non-hydrogen) atoms. The number of para-hydroxylation sites is 2. The number of imidazole rings is 1. The van der Waals surface area contributed by atoms with Gasteiger partial charge in [0.05, 0.1) is 18.1 Å². The Balaban J connectivity index is 1.34. The fraction of sp³-hybridized carbons (Fsp3) is 0.320. The van der Waals surface area contributed by atoms with E-state index < -0.39 is 6.04 Å². The SMILES string of the molecule is COc1ccc(/C=C/C(=O)NC(C)C(=O)N2CCCC(c3nc4ccccc4[nH]3)C2)cc1. The number of nitrogens with one attached hydrogen (secondary N) is 2. The van der Waals surface area contributed by atoms with Crippen molar-refractivity contribution in [3.63, 3.8) is 0 Å². The first-order valence-electron chi connectivity index (χ1n) is 10.9. The van der Waals surface area contributed by atoms with E-state index in [0.29, 0.717) is 13.1 Å². The summed E-state index contributed by atoms with van der Waals surface area (Å²) in [5, 5.41) is 2.78. The minimum Gasteiger partial charge on any atom is -0.497 e. The molecule has 2 aromatic carbocycles. The van der Waals surface area contributed by atoms with Crippen molar-refractivity contribution in [3.05, 3.63) is 66.0 Å². The Morgan fingerprint density at radius 3 is 2.75 bits per heavy atom. The second-order valence-corrected chi connectivity index (χ2v) is 8.10. The van der Waals surface area contributed by atoms with Gasteiger partial charge in [-0.15, -0.1) is 0 Å². The molecular formula is C25H28N4O3. The van der Waals surface area contributed by atoms with Crippen LogP contribution in [0.25, 0.3) is 17.1 Å². The molecule has 0 aliphatic carbocycles. The standard InChI is InChI=1S/C25H28N4O3/c1-17(26-23(30)14-11-18-9-12-20(32-2)13-10-18)25(31)29-15-5-6-19(16-29)24-27-21-7-3-4-8-22(21)28-24/h3-4,7-14,17,19H,5-6,15-16H2,1-2H3,(H,26,30)(H,27,28)/b14-11+. The molecule has 2 heterocycles. The van der Waals surface area contributed by atoms with E-state index in [4.69, 9.17) is 9.72 Å². The third kappa shape index (κ3) is 4.99. The highest BCUT2D eigenvalue weighted by atomic mass is 16.5. The number of rotatable bonds is 6. The van der Waals surface area contributed by atoms with Crippen LogP contribution in [0.5, 0.6) is 5.75 Å². The van der Waals surface area contributed by atoms with Crippen molar-refractivity contribution in [3.8, 4) is 5.75 Å². The van der Waals surface area contributed by atoms with Gasteiger partial charge in [0.2, 0.25) is 11.8 Å². The number of H-pyrrole nitrogens is 1. The summed E-state index contributed by atoms with van der Waals surface area (Å²) in [6.07, 6.45) is 5.05. The van der Waals surface area contributed by atoms with Crippen LogP contribution in [0.15, 0.2) is 54.6 Å². The summed E-state index contributed by atoms with van der Waals surface area (Å²) in [5.74, 6) is 1.47. The quantitative estimate of drug-likeness (QED) is 0.584. The maximum Gasteiger partial charge on any atom is 0.244 e. The third-order valence-corrected chi connectivity index (χ3v) is 5.80. The Hall–Kier alpha value is -3.61. The van der Waals surface area contributed by atoms with Crippen LogP contribution in [0.2, 0.25) is 0 Å². The molecule has 2 amide bonds. The Labute approximate surface area is 187 Å². The second-order valence-electron chi connectivity index (χ2n) is 8.10. The van der Waals surface area contributed by atoms with E-state index in [0.717, 1.165) is 41.0 Å². The number of carbonyl (C=O) groups is 2. The Kier molecular flexibility index (Phi) is 6.54. The number of hydrogen-bond donors (Lipinski definition) is 2. The molecule has 2 unspecified atom stereocenters. The summed E-state index contributed by atoms with van der Waals surface area (Å²) in [6.45, 7) is 3.02. The third-order valence-electron chi connectivity index (χ3n) is 5.80. The topological polar surface area (TPSA) is 87.3 Å². The predicted octanol–water partition coefficient (Wildman–Crippen LogP) is 3.50. The molecule has 0 spiro atoms. The van der Waals surface area contributed by atoms with Crippen molar-refractivity contribution < 1.29 is 14.3 Å². The number of ether oxygens (including phenoxy) is 1. The van der Waals surface area contributed by atoms with Crippen LogP contribution < -0.4 is 10.1 Å². The number of hydrogen-bond acceptors (Lipinski definition) is 4. The van der Waals surface area contributed by atoms with Gasteiger partial charge in [0.1, 0.15) is 17.6 Å². The monoisotopic (exact) mass is 432 g/mol. The lowest BCUT2D eigenvalue weighted by atomic mass is 9.97. The molecule has 7 heteroatoms. The Morgan fingerprint density at radius 1 is 1.22 bits per heavy atom. The van der Waals surface area contributed by atoms with Gasteiger partial charge in [0.25, 0.3) is 0 Å². The second kappa shape index (κ2) is 9.68. The molecule has 2 atom stereocenters. The summed E-state index contributed by atoms with van der Waals surface area (Å²) in [6, 6.07) is 14.7. The van der Waals surface area contributed by atoms with Gasteiger partial charge >= 0.3 is 0 Å². The number of fused-ring (bicyclic) bond motifs is 1. The van der Waals surface area contributed by atoms with Gasteiger partial charge < -0.3 is 19.9 Å². The first-order valence-corrected chi connectivity index (χ1v) is 10.9. The van der Waals surface area contributed by atoms with E-state index in [9.17, 15) is 9.59 Å². The van der Waals surface area contributed by atoms with Crippen LogP contribution in [-0.4, -0.2) is 52.9 Å². The lowest BCUT2D eigenvalue weighted by Gasteiger charge is -2.33. The van der Waals surface area contributed by atoms with Gasteiger partial charge in [-0.1, -0.05) is 24.3 Å². The van der Waals surface area contributed by atoms with Crippen molar-refractivity contribution in [1.29, 1.82) is 0 Å². The molecule has 7 nitrogen and oxygen atoms in total. The minimum absolute atomic E-state index is 0.0722. The van der Waals surface area contributed by atoms with Crippen molar-refractivity contribution in [2.45, 2.75) is 31.7 Å². The summed E-state index contributed by atoms with van der Waals surface area (Å²) in [4.78, 5) is 35.2. The molecule has 1 fully saturated rings. The highest BCUT2D eigenvalue weighted by Crippen LogP contribution is 2.27. The molecule has 2 N–H and O–H groups in total. The molecular weight excluding hydrogens is 404 g/mol. The lowest BCUT2D eigenvalue weighted by Crippen LogP contribution is -2.49. The van der Waals surface area contributed by atoms with Gasteiger partial charge in [0.15, 0.2) is 0 Å². The number of amides is 2. The van der Waals surface area contributed by atoms with Crippen LogP contribution in [0.4, 0.5) is 0 Å². The normalized spacial score (nSPS) is 17.4. The van der Waals surface area contributed by atoms with Gasteiger partial charge in [-0.25, -0.2) is 4.98 Å². The van der Waals surface area contributed by atoms with E-state index in [-0.39, 0.29) is 17.7 Å². The first kappa shape index (κ1) is 21.6. The molecule has 1 saturated heterocycles. The summed E-state index contributed by atoms with van der Waals surface area (Å²) < 4.78 is 5.13. The van der Waals surface area contributed by atoms with E-state index >= 15 is 0 Å². The van der Waals surface area contributed by atoms with E-state index in [1.165, 1.54) is 6.08 Å². The van der Waals surface area contributed by atoms with Crippen LogP contribution >= 0.6 is 0 Å². The highest BCUT2D eigenvalue weighted by molar-refractivity contribution is 5.95. The zero-order valence-corrected chi connectivity index (χ0v) is 18.4. The number of piperidine rings is 1. The van der Waals surface area contributed by atoms with Crippen molar-refractivity contribution in [2.75, 3.05) is 20.2 Å². The largest absolute Gasteiger partial charge is 0.497 e. The molecule has 0 radical (unpaired) electrons. The number of nitrogens with zero attached hydrogens (tertiary/aromatic N) is 2. The zero-order valence-electron chi connectivity index (χ0n) is 18.4. The molecule has 1 aliphatic heterocycles. The lowest BCUT2D eigenvalue weighted by molar-refractivity contribution is -0.136. The molecule has 0 saturated carbocycles. The summed E-state index contributed by atoms with van der Waals surface area (Å²) in [7, 11) is 1.61. The fourth-order valence-electron chi connectivity index (χ4n) is 4.05. The zero-order chi connectivity index (χ0) is 22.5. The van der Waals surface area contributed by atoms with Crippen LogP contribution in [0, 0.1) is 0 Å². The van der Waals surface area contributed by atoms with E-state index in [1.807, 2.05) is 53.4 Å². The van der Waals surface area contributed by atoms with Gasteiger partial charge in [0, 0.05) is 25.1 Å². The van der Waals surface area contributed by atoms with Crippen molar-refractivity contribution >= 4 is 28.9 Å². The summed E-state index contributed by atoms with van der Waals surface area (Å²) in [5.41, 5.74) is 2.83. The van der Waals surface area contributed by atoms with Gasteiger partial charge in [-0.05, 0) is 55.7 Å². The molecule has 0 bridgehead atoms. The molecule has 4 rings (SSSR count). The average Bonchev–Trinajstić information content (AvgIpc) is 3.27. The highest BCUT2D eigenvalue weighted by Gasteiger charge is 2.29. The van der Waals surface area contributed by atoms with Crippen molar-refractivity contribution in [1.82, 2.24) is 20.2 Å².